The van der Waals surface area contributed by atoms with Crippen molar-refractivity contribution in [3.05, 3.63) is 63.3 Å². The zero-order valence-electron chi connectivity index (χ0n) is 18.4. The van der Waals surface area contributed by atoms with Crippen molar-refractivity contribution in [2.75, 3.05) is 17.7 Å². The van der Waals surface area contributed by atoms with E-state index in [1.54, 1.807) is 31.5 Å². The molecule has 0 fully saturated rings. The smallest absolute Gasteiger partial charge is 0.235 e. The Morgan fingerprint density at radius 1 is 1.35 bits per heavy atom. The Morgan fingerprint density at radius 2 is 2.12 bits per heavy atom. The van der Waals surface area contributed by atoms with Gasteiger partial charge in [0.25, 0.3) is 0 Å². The van der Waals surface area contributed by atoms with Gasteiger partial charge in [0, 0.05) is 36.4 Å². The number of nitrogens with zero attached hydrogens (tertiary/aromatic N) is 4. The quantitative estimate of drug-likeness (QED) is 0.589. The lowest BCUT2D eigenvalue weighted by atomic mass is 10.0. The molecule has 3 heterocycles. The zero-order valence-corrected chi connectivity index (χ0v) is 20.8. The van der Waals surface area contributed by atoms with Gasteiger partial charge in [0.2, 0.25) is 5.91 Å². The highest BCUT2D eigenvalue weighted by atomic mass is 79.9. The van der Waals surface area contributed by atoms with E-state index in [2.05, 4.69) is 31.3 Å². The fraction of sp³-hybridized carbons (Fsp3) is 0.273. The first-order chi connectivity index (χ1) is 16.0. The summed E-state index contributed by atoms with van der Waals surface area (Å²) in [5, 5.41) is 7.00. The largest absolute Gasteiger partial charge is 0.383 e. The summed E-state index contributed by atoms with van der Waals surface area (Å²) in [6, 6.07) is -0.637. The number of nitrogens with one attached hydrogen (secondary N) is 1. The molecule has 1 aliphatic heterocycles. The van der Waals surface area contributed by atoms with E-state index in [9.17, 15) is 17.6 Å². The number of rotatable bonds is 5. The Bertz CT molecular complexity index is 1450. The van der Waals surface area contributed by atoms with Crippen LogP contribution in [0.1, 0.15) is 37.1 Å². The maximum Gasteiger partial charge on any atom is 0.235 e. The summed E-state index contributed by atoms with van der Waals surface area (Å²) < 4.78 is 38.9. The third kappa shape index (κ3) is 5.02. The fourth-order valence-electron chi connectivity index (χ4n) is 3.71. The van der Waals surface area contributed by atoms with Gasteiger partial charge in [-0.3, -0.25) is 9.79 Å². The molecule has 0 saturated carbocycles. The minimum Gasteiger partial charge on any atom is -0.383 e. The van der Waals surface area contributed by atoms with Crippen molar-refractivity contribution >= 4 is 54.9 Å². The SMILES string of the molecule is CC(NC(=O)CS(C)(=O)=O)c1nc2c(C3=CC4=C(C=CCC(F)=C4)N=CC3)cnn2c(N)c1Br. The second-order valence-corrected chi connectivity index (χ2v) is 11.0. The lowest BCUT2D eigenvalue weighted by molar-refractivity contribution is -0.119. The molecule has 0 aromatic carbocycles. The summed E-state index contributed by atoms with van der Waals surface area (Å²) in [5.74, 6) is -1.27. The molecule has 0 radical (unpaired) electrons. The van der Waals surface area contributed by atoms with E-state index < -0.39 is 27.5 Å². The van der Waals surface area contributed by atoms with Crippen molar-refractivity contribution in [1.82, 2.24) is 19.9 Å². The van der Waals surface area contributed by atoms with Gasteiger partial charge in [-0.25, -0.2) is 17.8 Å². The molecule has 0 spiro atoms. The highest BCUT2D eigenvalue weighted by molar-refractivity contribution is 9.10. The number of hydrogen-bond donors (Lipinski definition) is 2. The Hall–Kier alpha value is -3.12. The normalized spacial score (nSPS) is 17.1. The van der Waals surface area contributed by atoms with Crippen molar-refractivity contribution in [2.45, 2.75) is 25.8 Å². The third-order valence-electron chi connectivity index (χ3n) is 5.24. The van der Waals surface area contributed by atoms with Crippen LogP contribution in [0.3, 0.4) is 0 Å². The van der Waals surface area contributed by atoms with Gasteiger partial charge in [-0.15, -0.1) is 0 Å². The van der Waals surface area contributed by atoms with Crippen molar-refractivity contribution in [3.63, 3.8) is 0 Å². The molecule has 1 atom stereocenters. The third-order valence-corrected chi connectivity index (χ3v) is 6.84. The molecular formula is C22H22BrFN6O3S. The van der Waals surface area contributed by atoms with E-state index in [1.807, 2.05) is 6.08 Å². The number of amides is 1. The lowest BCUT2D eigenvalue weighted by Gasteiger charge is -2.17. The predicted octanol–water partition coefficient (Wildman–Crippen LogP) is 3.22. The van der Waals surface area contributed by atoms with Gasteiger partial charge in [0.05, 0.1) is 28.1 Å². The highest BCUT2D eigenvalue weighted by Gasteiger charge is 2.23. The van der Waals surface area contributed by atoms with Gasteiger partial charge in [-0.05, 0) is 46.7 Å². The van der Waals surface area contributed by atoms with Crippen molar-refractivity contribution in [1.29, 1.82) is 0 Å². The number of anilines is 1. The molecule has 1 aliphatic carbocycles. The lowest BCUT2D eigenvalue weighted by Crippen LogP contribution is -2.32. The van der Waals surface area contributed by atoms with Gasteiger partial charge >= 0.3 is 0 Å². The molecule has 12 heteroatoms. The monoisotopic (exact) mass is 548 g/mol. The topological polar surface area (TPSA) is 132 Å². The Kier molecular flexibility index (Phi) is 6.54. The van der Waals surface area contributed by atoms with E-state index in [1.165, 1.54) is 10.6 Å². The van der Waals surface area contributed by atoms with Crippen molar-refractivity contribution in [2.24, 2.45) is 4.99 Å². The van der Waals surface area contributed by atoms with Crippen LogP contribution in [0.4, 0.5) is 10.2 Å². The molecule has 4 rings (SSSR count). The van der Waals surface area contributed by atoms with Crippen molar-refractivity contribution in [3.8, 4) is 0 Å². The number of carbonyl (C=O) groups excluding carboxylic acids is 1. The summed E-state index contributed by atoms with van der Waals surface area (Å²) in [6.07, 6.45) is 11.9. The number of nitrogen functional groups attached to an aromatic ring is 1. The number of aliphatic imine (C=N–C) groups is 1. The predicted molar refractivity (Wildman–Crippen MR) is 132 cm³/mol. The first kappa shape index (κ1) is 24.0. The molecule has 2 aromatic heterocycles. The first-order valence-electron chi connectivity index (χ1n) is 10.3. The molecule has 9 nitrogen and oxygen atoms in total. The van der Waals surface area contributed by atoms with Crippen LogP contribution in [0.5, 0.6) is 0 Å². The van der Waals surface area contributed by atoms with E-state index in [0.717, 1.165) is 11.8 Å². The van der Waals surface area contributed by atoms with Crippen LogP contribution in [0.2, 0.25) is 0 Å². The van der Waals surface area contributed by atoms with Gasteiger partial charge in [0.15, 0.2) is 15.5 Å². The number of carbonyl (C=O) groups is 1. The van der Waals surface area contributed by atoms with Gasteiger partial charge < -0.3 is 11.1 Å². The molecule has 3 N–H and O–H groups in total. The molecule has 1 unspecified atom stereocenters. The summed E-state index contributed by atoms with van der Waals surface area (Å²) in [7, 11) is -3.48. The Labute approximate surface area is 204 Å². The number of halogens is 2. The number of allylic oxidation sites excluding steroid dienone is 7. The van der Waals surface area contributed by atoms with Crippen LogP contribution < -0.4 is 11.1 Å². The Balaban J connectivity index is 1.77. The molecule has 34 heavy (non-hydrogen) atoms. The second-order valence-electron chi connectivity index (χ2n) is 8.07. The van der Waals surface area contributed by atoms with Gasteiger partial charge in [-0.2, -0.15) is 9.61 Å². The van der Waals surface area contributed by atoms with Crippen LogP contribution in [-0.2, 0) is 14.6 Å². The molecule has 0 saturated heterocycles. The fourth-order valence-corrected chi connectivity index (χ4v) is 4.87. The van der Waals surface area contributed by atoms with Gasteiger partial charge in [-0.1, -0.05) is 6.08 Å². The minimum absolute atomic E-state index is 0.209. The molecule has 0 bridgehead atoms. The molecule has 2 aliphatic rings. The van der Waals surface area contributed by atoms with Crippen LogP contribution in [0.15, 0.2) is 57.1 Å². The van der Waals surface area contributed by atoms with E-state index in [-0.39, 0.29) is 18.1 Å². The molecule has 2 aromatic rings. The van der Waals surface area contributed by atoms with E-state index >= 15 is 0 Å². The molecule has 178 valence electrons. The summed E-state index contributed by atoms with van der Waals surface area (Å²) in [5.41, 5.74) is 9.95. The van der Waals surface area contributed by atoms with E-state index in [0.29, 0.717) is 39.1 Å². The maximum atomic E-state index is 14.1. The average molecular weight is 549 g/mol. The number of hydrogen-bond acceptors (Lipinski definition) is 7. The van der Waals surface area contributed by atoms with E-state index in [4.69, 9.17) is 10.7 Å². The van der Waals surface area contributed by atoms with Crippen molar-refractivity contribution < 1.29 is 17.6 Å². The average Bonchev–Trinajstić information content (AvgIpc) is 2.95. The van der Waals surface area contributed by atoms with Crippen LogP contribution in [0, 0.1) is 0 Å². The number of fused-ring (bicyclic) bond motifs is 1. The number of nitrogens with two attached hydrogens (primary N) is 1. The summed E-state index contributed by atoms with van der Waals surface area (Å²) >= 11 is 3.41. The second kappa shape index (κ2) is 9.26. The summed E-state index contributed by atoms with van der Waals surface area (Å²) in [6.45, 7) is 1.68. The van der Waals surface area contributed by atoms with Crippen LogP contribution >= 0.6 is 15.9 Å². The van der Waals surface area contributed by atoms with Crippen LogP contribution in [-0.4, -0.2) is 47.1 Å². The highest BCUT2D eigenvalue weighted by Crippen LogP contribution is 2.33. The number of sulfone groups is 1. The van der Waals surface area contributed by atoms with Gasteiger partial charge in [0.1, 0.15) is 17.4 Å². The summed E-state index contributed by atoms with van der Waals surface area (Å²) in [4.78, 5) is 21.3. The van der Waals surface area contributed by atoms with Crippen LogP contribution in [0.25, 0.3) is 11.2 Å². The number of aromatic nitrogens is 3. The molecular weight excluding hydrogens is 527 g/mol. The standard InChI is InChI=1S/C22H22BrFN6O3S/c1-12(28-18(31)11-34(2,32)33)20-19(23)21(25)30-22(29-20)16(10-27-30)13-6-7-26-17-5-3-4-15(24)9-14(17)8-13/h3,5,7-10,12H,4,6,11,25H2,1-2H3,(H,28,31). The minimum atomic E-state index is -3.48. The first-order valence-corrected chi connectivity index (χ1v) is 13.2. The maximum absolute atomic E-state index is 14.1. The Morgan fingerprint density at radius 3 is 2.85 bits per heavy atom. The molecule has 1 amide bonds. The zero-order chi connectivity index (χ0) is 24.6.